The zero-order valence-electron chi connectivity index (χ0n) is 13.6. The van der Waals surface area contributed by atoms with Crippen LogP contribution in [-0.4, -0.2) is 41.0 Å². The van der Waals surface area contributed by atoms with E-state index in [0.717, 1.165) is 30.6 Å². The van der Waals surface area contributed by atoms with Crippen LogP contribution in [0.2, 0.25) is 5.15 Å². The molecule has 0 saturated carbocycles. The molecule has 2 rings (SSSR count). The van der Waals surface area contributed by atoms with Gasteiger partial charge in [-0.3, -0.25) is 0 Å². The molecule has 0 unspecified atom stereocenters. The lowest BCUT2D eigenvalue weighted by atomic mass is 9.95. The molecule has 1 aliphatic heterocycles. The van der Waals surface area contributed by atoms with Crippen molar-refractivity contribution in [3.8, 4) is 0 Å². The zero-order valence-corrected chi connectivity index (χ0v) is 14.4. The lowest BCUT2D eigenvalue weighted by Gasteiger charge is -2.31. The van der Waals surface area contributed by atoms with Crippen molar-refractivity contribution < 1.29 is 0 Å². The third-order valence-corrected chi connectivity index (χ3v) is 4.29. The van der Waals surface area contributed by atoms with Gasteiger partial charge < -0.3 is 10.2 Å². The van der Waals surface area contributed by atoms with Crippen LogP contribution in [0, 0.1) is 5.92 Å². The third kappa shape index (κ3) is 4.82. The van der Waals surface area contributed by atoms with Crippen LogP contribution in [0.25, 0.3) is 0 Å². The average molecular weight is 311 g/mol. The highest BCUT2D eigenvalue weighted by atomic mass is 35.5. The van der Waals surface area contributed by atoms with Crippen LogP contribution in [0.1, 0.15) is 46.4 Å². The maximum atomic E-state index is 6.12. The van der Waals surface area contributed by atoms with Crippen LogP contribution >= 0.6 is 11.6 Å². The Morgan fingerprint density at radius 2 is 1.95 bits per heavy atom. The molecule has 1 saturated heterocycles. The molecule has 21 heavy (non-hydrogen) atoms. The summed E-state index contributed by atoms with van der Waals surface area (Å²) in [7, 11) is 0. The molecule has 0 amide bonds. The van der Waals surface area contributed by atoms with Gasteiger partial charge in [0.05, 0.1) is 0 Å². The molecule has 0 aromatic carbocycles. The summed E-state index contributed by atoms with van der Waals surface area (Å²) in [6.45, 7) is 13.1. The second-order valence-corrected chi connectivity index (χ2v) is 7.30. The highest BCUT2D eigenvalue weighted by Crippen LogP contribution is 2.23. The molecule has 0 atom stereocenters. The van der Waals surface area contributed by atoms with Gasteiger partial charge in [0, 0.05) is 18.0 Å². The van der Waals surface area contributed by atoms with Crippen LogP contribution < -0.4 is 5.32 Å². The Morgan fingerprint density at radius 1 is 1.29 bits per heavy atom. The summed E-state index contributed by atoms with van der Waals surface area (Å²) in [5.41, 5.74) is -0.0895. The van der Waals surface area contributed by atoms with E-state index < -0.39 is 0 Å². The number of hydrogen-bond acceptors (Lipinski definition) is 4. The molecular formula is C16H27ClN4. The van der Waals surface area contributed by atoms with Crippen LogP contribution in [-0.2, 0) is 5.41 Å². The lowest BCUT2D eigenvalue weighted by molar-refractivity contribution is 0.198. The highest BCUT2D eigenvalue weighted by molar-refractivity contribution is 6.29. The second kappa shape index (κ2) is 6.93. The Kier molecular flexibility index (Phi) is 5.44. The van der Waals surface area contributed by atoms with E-state index in [1.165, 1.54) is 25.9 Å². The van der Waals surface area contributed by atoms with E-state index in [4.69, 9.17) is 11.6 Å². The molecule has 1 aromatic rings. The molecule has 0 aliphatic carbocycles. The Morgan fingerprint density at radius 3 is 2.52 bits per heavy atom. The molecule has 0 radical (unpaired) electrons. The number of nitrogens with zero attached hydrogens (tertiary/aromatic N) is 3. The van der Waals surface area contributed by atoms with Crippen molar-refractivity contribution >= 4 is 17.4 Å². The molecular weight excluding hydrogens is 284 g/mol. The fourth-order valence-electron chi connectivity index (χ4n) is 2.60. The summed E-state index contributed by atoms with van der Waals surface area (Å²) >= 11 is 6.12. The van der Waals surface area contributed by atoms with Crippen molar-refractivity contribution in [1.29, 1.82) is 0 Å². The smallest absolute Gasteiger partial charge is 0.137 e. The minimum absolute atomic E-state index is 0.0895. The van der Waals surface area contributed by atoms with Gasteiger partial charge in [0.1, 0.15) is 16.8 Å². The van der Waals surface area contributed by atoms with Gasteiger partial charge in [0.15, 0.2) is 0 Å². The molecule has 1 N–H and O–H groups in total. The number of aromatic nitrogens is 2. The van der Waals surface area contributed by atoms with Crippen molar-refractivity contribution in [2.45, 2.75) is 46.0 Å². The topological polar surface area (TPSA) is 41.0 Å². The van der Waals surface area contributed by atoms with E-state index in [9.17, 15) is 0 Å². The predicted octanol–water partition coefficient (Wildman–Crippen LogP) is 3.57. The van der Waals surface area contributed by atoms with E-state index in [-0.39, 0.29) is 5.41 Å². The predicted molar refractivity (Wildman–Crippen MR) is 89.1 cm³/mol. The first-order chi connectivity index (χ1) is 9.88. The zero-order chi connectivity index (χ0) is 15.5. The normalized spacial score (nSPS) is 18.0. The molecule has 118 valence electrons. The summed E-state index contributed by atoms with van der Waals surface area (Å²) in [5.74, 6) is 2.36. The van der Waals surface area contributed by atoms with Crippen molar-refractivity contribution in [2.75, 3.05) is 31.5 Å². The van der Waals surface area contributed by atoms with Gasteiger partial charge in [-0.15, -0.1) is 0 Å². The first-order valence-corrected chi connectivity index (χ1v) is 8.27. The summed E-state index contributed by atoms with van der Waals surface area (Å²) in [5, 5.41) is 3.96. The Hall–Kier alpha value is -0.870. The number of piperidine rings is 1. The summed E-state index contributed by atoms with van der Waals surface area (Å²) < 4.78 is 0. The molecule has 0 bridgehead atoms. The van der Waals surface area contributed by atoms with E-state index in [1.807, 2.05) is 6.07 Å². The fraction of sp³-hybridized carbons (Fsp3) is 0.750. The Bertz CT molecular complexity index is 462. The van der Waals surface area contributed by atoms with Crippen molar-refractivity contribution in [1.82, 2.24) is 14.9 Å². The van der Waals surface area contributed by atoms with E-state index >= 15 is 0 Å². The molecule has 2 heterocycles. The lowest BCUT2D eigenvalue weighted by Crippen LogP contribution is -2.35. The average Bonchev–Trinajstić information content (AvgIpc) is 2.44. The largest absolute Gasteiger partial charge is 0.370 e. The van der Waals surface area contributed by atoms with Gasteiger partial charge in [0.25, 0.3) is 0 Å². The SMILES string of the molecule is CCN1CCC(CNc2cc(Cl)nc(C(C)(C)C)n2)CC1. The van der Waals surface area contributed by atoms with Gasteiger partial charge in [-0.25, -0.2) is 9.97 Å². The number of halogens is 1. The van der Waals surface area contributed by atoms with Gasteiger partial charge >= 0.3 is 0 Å². The van der Waals surface area contributed by atoms with E-state index in [2.05, 4.69) is 47.9 Å². The van der Waals surface area contributed by atoms with Gasteiger partial charge in [-0.05, 0) is 38.4 Å². The van der Waals surface area contributed by atoms with Gasteiger partial charge in [0.2, 0.25) is 0 Å². The van der Waals surface area contributed by atoms with Gasteiger partial charge in [-0.2, -0.15) is 0 Å². The fourth-order valence-corrected chi connectivity index (χ4v) is 2.78. The monoisotopic (exact) mass is 310 g/mol. The van der Waals surface area contributed by atoms with Crippen LogP contribution in [0.4, 0.5) is 5.82 Å². The Balaban J connectivity index is 1.93. The van der Waals surface area contributed by atoms with Crippen molar-refractivity contribution in [3.05, 3.63) is 17.0 Å². The third-order valence-electron chi connectivity index (χ3n) is 4.09. The first kappa shape index (κ1) is 16.5. The van der Waals surface area contributed by atoms with Crippen LogP contribution in [0.5, 0.6) is 0 Å². The molecule has 4 nitrogen and oxygen atoms in total. The number of likely N-dealkylation sites (tertiary alicyclic amines) is 1. The maximum Gasteiger partial charge on any atom is 0.137 e. The Labute approximate surface area is 133 Å². The second-order valence-electron chi connectivity index (χ2n) is 6.91. The molecule has 1 aromatic heterocycles. The minimum atomic E-state index is -0.0895. The molecule has 0 spiro atoms. The van der Waals surface area contributed by atoms with E-state index in [1.54, 1.807) is 0 Å². The number of hydrogen-bond donors (Lipinski definition) is 1. The first-order valence-electron chi connectivity index (χ1n) is 7.89. The van der Waals surface area contributed by atoms with Crippen LogP contribution in [0.15, 0.2) is 6.07 Å². The number of rotatable bonds is 4. The van der Waals surface area contributed by atoms with Crippen molar-refractivity contribution in [2.24, 2.45) is 5.92 Å². The van der Waals surface area contributed by atoms with Crippen LogP contribution in [0.3, 0.4) is 0 Å². The van der Waals surface area contributed by atoms with E-state index in [0.29, 0.717) is 5.15 Å². The number of nitrogens with one attached hydrogen (secondary N) is 1. The summed E-state index contributed by atoms with van der Waals surface area (Å²) in [6.07, 6.45) is 2.51. The quantitative estimate of drug-likeness (QED) is 0.863. The standard InChI is InChI=1S/C16H27ClN4/c1-5-21-8-6-12(7-9-21)11-18-14-10-13(17)19-15(20-14)16(2,3)4/h10,12H,5-9,11H2,1-4H3,(H,18,19,20). The molecule has 1 fully saturated rings. The maximum absolute atomic E-state index is 6.12. The van der Waals surface area contributed by atoms with Crippen molar-refractivity contribution in [3.63, 3.8) is 0 Å². The van der Waals surface area contributed by atoms with Gasteiger partial charge in [-0.1, -0.05) is 39.3 Å². The minimum Gasteiger partial charge on any atom is -0.370 e. The number of anilines is 1. The molecule has 1 aliphatic rings. The summed E-state index contributed by atoms with van der Waals surface area (Å²) in [6, 6.07) is 1.82. The molecule has 5 heteroatoms. The summed E-state index contributed by atoms with van der Waals surface area (Å²) in [4.78, 5) is 11.4. The highest BCUT2D eigenvalue weighted by Gasteiger charge is 2.20.